The average molecular weight is 468 g/mol. The number of ether oxygens (including phenoxy) is 1. The van der Waals surface area contributed by atoms with Crippen molar-refractivity contribution in [3.05, 3.63) is 84.1 Å². The minimum atomic E-state index is -0.545. The van der Waals surface area contributed by atoms with Crippen LogP contribution in [0.4, 0.5) is 5.69 Å². The number of nitrogens with one attached hydrogen (secondary N) is 2. The van der Waals surface area contributed by atoms with E-state index in [2.05, 4.69) is 61.9 Å². The van der Waals surface area contributed by atoms with Gasteiger partial charge in [0, 0.05) is 36.7 Å². The molecule has 5 N–H and O–H groups in total. The Morgan fingerprint density at radius 3 is 2.24 bits per heavy atom. The highest BCUT2D eigenvalue weighted by atomic mass is 16.5. The summed E-state index contributed by atoms with van der Waals surface area (Å²) in [4.78, 5) is 0. The molecular weight excluding hydrogens is 422 g/mol. The summed E-state index contributed by atoms with van der Waals surface area (Å²) in [5.41, 5.74) is 11.2. The van der Waals surface area contributed by atoms with Crippen molar-refractivity contribution in [1.82, 2.24) is 5.32 Å². The van der Waals surface area contributed by atoms with E-state index in [1.807, 2.05) is 24.3 Å². The van der Waals surface area contributed by atoms with Crippen molar-refractivity contribution in [2.75, 3.05) is 25.5 Å². The molecule has 1 aliphatic rings. The fraction of sp³-hybridized carbons (Fsp3) is 0.448. The summed E-state index contributed by atoms with van der Waals surface area (Å²) < 4.78 is 4.97. The van der Waals surface area contributed by atoms with E-state index in [4.69, 9.17) is 10.5 Å². The van der Waals surface area contributed by atoms with Crippen molar-refractivity contribution in [2.45, 2.75) is 53.2 Å². The summed E-state index contributed by atoms with van der Waals surface area (Å²) in [5, 5.41) is 17.3. The summed E-state index contributed by atoms with van der Waals surface area (Å²) in [5.74, 6) is 0.834. The predicted octanol–water partition coefficient (Wildman–Crippen LogP) is 5.71. The normalized spacial score (nSPS) is 14.1. The second kappa shape index (κ2) is 15.3. The molecule has 5 nitrogen and oxygen atoms in total. The van der Waals surface area contributed by atoms with Crippen molar-refractivity contribution in [2.24, 2.45) is 17.6 Å². The zero-order valence-electron chi connectivity index (χ0n) is 20.4. The van der Waals surface area contributed by atoms with Crippen molar-refractivity contribution in [3.8, 4) is 0 Å². The van der Waals surface area contributed by atoms with Crippen molar-refractivity contribution >= 4 is 11.4 Å². The summed E-state index contributed by atoms with van der Waals surface area (Å²) in [6.07, 6.45) is 2.97. The van der Waals surface area contributed by atoms with Gasteiger partial charge >= 0.3 is 0 Å². The van der Waals surface area contributed by atoms with E-state index >= 15 is 0 Å². The van der Waals surface area contributed by atoms with Gasteiger partial charge in [0.15, 0.2) is 0 Å². The maximum absolute atomic E-state index is 10.7. The number of anilines is 1. The molecule has 0 spiro atoms. The van der Waals surface area contributed by atoms with Crippen LogP contribution in [0.2, 0.25) is 0 Å². The van der Waals surface area contributed by atoms with Crippen LogP contribution < -0.4 is 16.4 Å². The SMILES string of the molecule is C.C=C(N)c1ccc(NC(=C)C(O)C(CNCCC)C2CC2)cc1.COCc1ccc(C)cc1. The van der Waals surface area contributed by atoms with Crippen molar-refractivity contribution in [3.63, 3.8) is 0 Å². The molecule has 188 valence electrons. The number of aliphatic hydroxyl groups excluding tert-OH is 1. The number of rotatable bonds is 12. The summed E-state index contributed by atoms with van der Waals surface area (Å²) >= 11 is 0. The number of benzene rings is 2. The molecule has 1 aliphatic carbocycles. The van der Waals surface area contributed by atoms with Crippen LogP contribution in [-0.2, 0) is 11.3 Å². The first-order chi connectivity index (χ1) is 15.8. The summed E-state index contributed by atoms with van der Waals surface area (Å²) in [7, 11) is 1.71. The summed E-state index contributed by atoms with van der Waals surface area (Å²) in [6.45, 7) is 14.5. The van der Waals surface area contributed by atoms with Crippen LogP contribution in [0.15, 0.2) is 67.4 Å². The van der Waals surface area contributed by atoms with Crippen LogP contribution in [0.1, 0.15) is 50.3 Å². The zero-order chi connectivity index (χ0) is 24.2. The highest BCUT2D eigenvalue weighted by Crippen LogP contribution is 2.39. The Bertz CT molecular complexity index is 858. The van der Waals surface area contributed by atoms with Crippen LogP contribution in [0.25, 0.3) is 5.70 Å². The Balaban J connectivity index is 0.000000442. The fourth-order valence-corrected chi connectivity index (χ4v) is 3.64. The molecule has 5 heteroatoms. The molecular formula is C29H45N3O2. The van der Waals surface area contributed by atoms with Crippen molar-refractivity contribution in [1.29, 1.82) is 0 Å². The highest BCUT2D eigenvalue weighted by Gasteiger charge is 2.36. The van der Waals surface area contributed by atoms with Gasteiger partial charge < -0.3 is 26.2 Å². The lowest BCUT2D eigenvalue weighted by Crippen LogP contribution is -2.36. The average Bonchev–Trinajstić information content (AvgIpc) is 3.64. The lowest BCUT2D eigenvalue weighted by molar-refractivity contribution is 0.128. The van der Waals surface area contributed by atoms with E-state index in [0.29, 0.717) is 23.9 Å². The molecule has 0 amide bonds. The third-order valence-electron chi connectivity index (χ3n) is 5.79. The molecule has 0 radical (unpaired) electrons. The molecule has 2 aromatic carbocycles. The third-order valence-corrected chi connectivity index (χ3v) is 5.79. The second-order valence-corrected chi connectivity index (χ2v) is 8.82. The number of hydrogen-bond acceptors (Lipinski definition) is 5. The number of hydrogen-bond donors (Lipinski definition) is 4. The van der Waals surface area contributed by atoms with Crippen LogP contribution >= 0.6 is 0 Å². The maximum atomic E-state index is 10.7. The third kappa shape index (κ3) is 10.1. The van der Waals surface area contributed by atoms with Crippen LogP contribution in [0.5, 0.6) is 0 Å². The van der Waals surface area contributed by atoms with Gasteiger partial charge in [-0.05, 0) is 61.9 Å². The Hall–Kier alpha value is -2.60. The Labute approximate surface area is 207 Å². The van der Waals surface area contributed by atoms with Gasteiger partial charge in [0.2, 0.25) is 0 Å². The first-order valence-corrected chi connectivity index (χ1v) is 11.8. The molecule has 0 aromatic heterocycles. The molecule has 2 atom stereocenters. The Kier molecular flexibility index (Phi) is 13.3. The standard InChI is InChI=1S/C19H29N3O.C9H12O.CH4/c1-4-11-21-12-18(16-5-6-16)19(23)14(3)22-17-9-7-15(8-10-17)13(2)20;1-8-3-5-9(6-4-8)7-10-2;/h7-10,16,18-19,21-23H,2-6,11-12,20H2,1H3;3-6H,7H2,1-2H3;1H4. The van der Waals surface area contributed by atoms with Gasteiger partial charge in [0.1, 0.15) is 0 Å². The van der Waals surface area contributed by atoms with Crippen LogP contribution in [0.3, 0.4) is 0 Å². The van der Waals surface area contributed by atoms with Gasteiger partial charge in [0.05, 0.1) is 12.7 Å². The first kappa shape index (κ1) is 29.4. The quantitative estimate of drug-likeness (QED) is 0.301. The monoisotopic (exact) mass is 467 g/mol. The van der Waals surface area contributed by atoms with Gasteiger partial charge in [-0.15, -0.1) is 0 Å². The summed E-state index contributed by atoms with van der Waals surface area (Å²) in [6, 6.07) is 16.0. The maximum Gasteiger partial charge on any atom is 0.0974 e. The van der Waals surface area contributed by atoms with E-state index in [1.165, 1.54) is 24.0 Å². The van der Waals surface area contributed by atoms with Crippen LogP contribution in [0, 0.1) is 18.8 Å². The van der Waals surface area contributed by atoms with Crippen molar-refractivity contribution < 1.29 is 9.84 Å². The zero-order valence-corrected chi connectivity index (χ0v) is 20.4. The van der Waals surface area contributed by atoms with E-state index in [0.717, 1.165) is 30.8 Å². The molecule has 2 unspecified atom stereocenters. The molecule has 1 fully saturated rings. The lowest BCUT2D eigenvalue weighted by atomic mass is 9.94. The molecule has 3 rings (SSSR count). The van der Waals surface area contributed by atoms with Gasteiger partial charge in [-0.2, -0.15) is 0 Å². The number of aryl methyl sites for hydroxylation is 1. The molecule has 0 bridgehead atoms. The fourth-order valence-electron chi connectivity index (χ4n) is 3.64. The van der Waals surface area contributed by atoms with Gasteiger partial charge in [-0.25, -0.2) is 0 Å². The number of aliphatic hydroxyl groups is 1. The highest BCUT2D eigenvalue weighted by molar-refractivity contribution is 5.63. The topological polar surface area (TPSA) is 79.5 Å². The Morgan fingerprint density at radius 2 is 1.74 bits per heavy atom. The molecule has 1 saturated carbocycles. The lowest BCUT2D eigenvalue weighted by Gasteiger charge is -2.25. The van der Waals surface area contributed by atoms with E-state index in [-0.39, 0.29) is 13.3 Å². The van der Waals surface area contributed by atoms with Gasteiger partial charge in [-0.1, -0.05) is 69.5 Å². The van der Waals surface area contributed by atoms with Crippen LogP contribution in [-0.4, -0.2) is 31.4 Å². The minimum absolute atomic E-state index is 0. The molecule has 0 saturated heterocycles. The second-order valence-electron chi connectivity index (χ2n) is 8.82. The molecule has 2 aromatic rings. The largest absolute Gasteiger partial charge is 0.399 e. The molecule has 34 heavy (non-hydrogen) atoms. The first-order valence-electron chi connectivity index (χ1n) is 11.8. The smallest absolute Gasteiger partial charge is 0.0974 e. The van der Waals surface area contributed by atoms with E-state index in [9.17, 15) is 5.11 Å². The molecule has 0 aliphatic heterocycles. The molecule has 0 heterocycles. The number of nitrogens with two attached hydrogens (primary N) is 1. The minimum Gasteiger partial charge on any atom is -0.399 e. The predicted molar refractivity (Wildman–Crippen MR) is 146 cm³/mol. The number of methoxy groups -OCH3 is 1. The van der Waals surface area contributed by atoms with Gasteiger partial charge in [-0.3, -0.25) is 0 Å². The van der Waals surface area contributed by atoms with E-state index in [1.54, 1.807) is 7.11 Å². The van der Waals surface area contributed by atoms with E-state index < -0.39 is 6.10 Å². The Morgan fingerprint density at radius 1 is 1.12 bits per heavy atom. The van der Waals surface area contributed by atoms with Gasteiger partial charge in [0.25, 0.3) is 0 Å².